The molecule has 8 heteroatoms. The molecule has 5 rings (SSSR count). The van der Waals surface area contributed by atoms with Crippen LogP contribution in [0, 0.1) is 29.6 Å². The Hall–Kier alpha value is -1.55. The van der Waals surface area contributed by atoms with E-state index in [9.17, 15) is 9.90 Å². The van der Waals surface area contributed by atoms with Crippen molar-refractivity contribution in [2.24, 2.45) is 29.6 Å². The average Bonchev–Trinajstić information content (AvgIpc) is 3.52. The van der Waals surface area contributed by atoms with Gasteiger partial charge in [0.15, 0.2) is 8.32 Å². The summed E-state index contributed by atoms with van der Waals surface area (Å²) in [6, 6.07) is 0. The second-order valence-corrected chi connectivity index (χ2v) is 20.0. The van der Waals surface area contributed by atoms with E-state index >= 15 is 0 Å². The summed E-state index contributed by atoms with van der Waals surface area (Å²) in [5.74, 6) is -0.261. The van der Waals surface area contributed by atoms with Gasteiger partial charge in [-0.1, -0.05) is 71.1 Å². The lowest BCUT2D eigenvalue weighted by Crippen LogP contribution is -2.60. The molecular formula is C35H54O7Si. The van der Waals surface area contributed by atoms with Crippen LogP contribution in [0.2, 0.25) is 18.1 Å². The third-order valence-corrected chi connectivity index (χ3v) is 15.9. The Morgan fingerprint density at radius 1 is 1.19 bits per heavy atom. The van der Waals surface area contributed by atoms with Gasteiger partial charge in [0.05, 0.1) is 31.0 Å². The molecule has 2 aliphatic heterocycles. The molecule has 12 atom stereocenters. The molecule has 0 aromatic rings. The summed E-state index contributed by atoms with van der Waals surface area (Å²) < 4.78 is 33.4. The van der Waals surface area contributed by atoms with Crippen LogP contribution in [0.3, 0.4) is 0 Å². The minimum atomic E-state index is -2.24. The lowest BCUT2D eigenvalue weighted by Gasteiger charge is -2.53. The smallest absolute Gasteiger partial charge is 0.334 e. The molecular weight excluding hydrogens is 560 g/mol. The normalized spacial score (nSPS) is 43.0. The van der Waals surface area contributed by atoms with Crippen LogP contribution in [0.15, 0.2) is 47.6 Å². The lowest BCUT2D eigenvalue weighted by atomic mass is 9.57. The fourth-order valence-corrected chi connectivity index (χ4v) is 9.45. The molecule has 1 saturated carbocycles. The van der Waals surface area contributed by atoms with Crippen LogP contribution in [0.25, 0.3) is 0 Å². The van der Waals surface area contributed by atoms with E-state index < -0.39 is 26.1 Å². The number of hydrogen-bond donors (Lipinski definition) is 1. The molecule has 0 aromatic heterocycles. The van der Waals surface area contributed by atoms with Crippen molar-refractivity contribution in [1.29, 1.82) is 0 Å². The number of methoxy groups -OCH3 is 1. The van der Waals surface area contributed by atoms with Crippen molar-refractivity contribution in [3.05, 3.63) is 47.6 Å². The molecule has 4 bridgehead atoms. The zero-order valence-electron chi connectivity index (χ0n) is 27.8. The first-order valence-electron chi connectivity index (χ1n) is 16.2. The first kappa shape index (κ1) is 32.8. The molecule has 2 fully saturated rings. The maximum atomic E-state index is 13.4. The van der Waals surface area contributed by atoms with E-state index in [2.05, 4.69) is 72.9 Å². The van der Waals surface area contributed by atoms with Gasteiger partial charge in [-0.15, -0.1) is 0 Å². The van der Waals surface area contributed by atoms with Crippen LogP contribution in [-0.4, -0.2) is 75.3 Å². The zero-order valence-corrected chi connectivity index (χ0v) is 28.8. The van der Waals surface area contributed by atoms with E-state index in [4.69, 9.17) is 23.4 Å². The molecule has 0 unspecified atom stereocenters. The van der Waals surface area contributed by atoms with E-state index in [0.717, 1.165) is 5.57 Å². The quantitative estimate of drug-likeness (QED) is 0.218. The van der Waals surface area contributed by atoms with Crippen molar-refractivity contribution in [3.63, 3.8) is 0 Å². The highest BCUT2D eigenvalue weighted by Crippen LogP contribution is 2.62. The fraction of sp³-hybridized carbons (Fsp3) is 0.743. The number of rotatable bonds is 6. The summed E-state index contributed by atoms with van der Waals surface area (Å²) in [5.41, 5.74) is 1.15. The molecule has 0 amide bonds. The minimum absolute atomic E-state index is 0.0102. The molecule has 1 spiro atoms. The van der Waals surface area contributed by atoms with E-state index in [1.807, 2.05) is 18.2 Å². The van der Waals surface area contributed by atoms with E-state index in [0.29, 0.717) is 25.0 Å². The lowest BCUT2D eigenvalue weighted by molar-refractivity contribution is -0.165. The Kier molecular flexibility index (Phi) is 9.15. The number of hydrogen-bond acceptors (Lipinski definition) is 7. The van der Waals surface area contributed by atoms with E-state index in [1.54, 1.807) is 14.0 Å². The van der Waals surface area contributed by atoms with Gasteiger partial charge in [0, 0.05) is 42.3 Å². The van der Waals surface area contributed by atoms with Crippen LogP contribution < -0.4 is 0 Å². The highest BCUT2D eigenvalue weighted by Gasteiger charge is 2.70. The number of esters is 1. The molecule has 43 heavy (non-hydrogen) atoms. The molecule has 1 N–H and O–H groups in total. The second kappa shape index (κ2) is 12.0. The van der Waals surface area contributed by atoms with Crippen molar-refractivity contribution in [2.75, 3.05) is 13.7 Å². The average molecular weight is 615 g/mol. The third kappa shape index (κ3) is 5.70. The predicted molar refractivity (Wildman–Crippen MR) is 170 cm³/mol. The SMILES string of the molecule is CO[C@@H]1CO[C@H]([C@@H](C)O)[C@H](C)/C=C(\C)[C@]23O[C@@H]4[C@H](C=C[C@@H]2C1)[C@H]3[C@H](O[Si](C)(C)C(C)(C)C)[C@@H](C)[C@H]4OC(=O)C1=CC=CC1. The highest BCUT2D eigenvalue weighted by atomic mass is 28.4. The zero-order chi connectivity index (χ0) is 31.5. The first-order valence-corrected chi connectivity index (χ1v) is 19.1. The van der Waals surface area contributed by atoms with Gasteiger partial charge in [-0.25, -0.2) is 4.79 Å². The Bertz CT molecular complexity index is 1180. The largest absolute Gasteiger partial charge is 0.456 e. The predicted octanol–water partition coefficient (Wildman–Crippen LogP) is 6.15. The molecule has 3 aliphatic carbocycles. The van der Waals surface area contributed by atoms with Crippen LogP contribution in [-0.2, 0) is 28.2 Å². The van der Waals surface area contributed by atoms with Crippen molar-refractivity contribution in [1.82, 2.24) is 0 Å². The summed E-state index contributed by atoms with van der Waals surface area (Å²) in [6.45, 7) is 20.1. The van der Waals surface area contributed by atoms with Gasteiger partial charge in [0.2, 0.25) is 0 Å². The Morgan fingerprint density at radius 3 is 2.51 bits per heavy atom. The van der Waals surface area contributed by atoms with Gasteiger partial charge < -0.3 is 28.5 Å². The Labute approximate surface area is 259 Å². The molecule has 7 nitrogen and oxygen atoms in total. The maximum absolute atomic E-state index is 13.4. The number of allylic oxidation sites excluding steroid dienone is 3. The summed E-state index contributed by atoms with van der Waals surface area (Å²) in [4.78, 5) is 13.4. The van der Waals surface area contributed by atoms with E-state index in [1.165, 1.54) is 0 Å². The van der Waals surface area contributed by atoms with Crippen LogP contribution in [0.5, 0.6) is 0 Å². The Morgan fingerprint density at radius 2 is 1.91 bits per heavy atom. The number of carbonyl (C=O) groups excluding carboxylic acids is 1. The second-order valence-electron chi connectivity index (χ2n) is 15.2. The van der Waals surface area contributed by atoms with Crippen molar-refractivity contribution in [3.8, 4) is 0 Å². The van der Waals surface area contributed by atoms with Gasteiger partial charge in [-0.3, -0.25) is 0 Å². The summed E-state index contributed by atoms with van der Waals surface area (Å²) in [7, 11) is -0.509. The standard InChI is InChI=1S/C35H54O7Si/c1-20-17-21(2)35-25(18-26(38-8)19-39-29(20)23(4)36)15-16-27-28(35)30(42-43(9,10)34(5,6)7)22(3)31(32(27)41-35)40-33(37)24-13-11-12-14-24/h11-13,15-17,20,22-23,25-32,36H,14,18-19H2,1-10H3/b21-17+/t20-,22-,23-,25-,26+,27-,28+,29+,30-,31-,32-,35+/m1/s1. The molecule has 0 aromatic carbocycles. The van der Waals surface area contributed by atoms with Crippen molar-refractivity contribution >= 4 is 14.3 Å². The number of aliphatic hydroxyl groups excluding tert-OH is 1. The van der Waals surface area contributed by atoms with Gasteiger partial charge in [0.25, 0.3) is 0 Å². The van der Waals surface area contributed by atoms with Crippen LogP contribution >= 0.6 is 0 Å². The number of ether oxygens (including phenoxy) is 4. The number of carbonyl (C=O) groups is 1. The highest BCUT2D eigenvalue weighted by molar-refractivity contribution is 6.74. The van der Waals surface area contributed by atoms with Crippen LogP contribution in [0.4, 0.5) is 0 Å². The molecule has 240 valence electrons. The number of aliphatic hydroxyl groups is 1. The topological polar surface area (TPSA) is 83.5 Å². The van der Waals surface area contributed by atoms with Gasteiger partial charge in [-0.05, 0) is 50.4 Å². The van der Waals surface area contributed by atoms with Gasteiger partial charge in [-0.2, -0.15) is 0 Å². The molecule has 0 radical (unpaired) electrons. The van der Waals surface area contributed by atoms with Crippen molar-refractivity contribution < 1.29 is 33.3 Å². The van der Waals surface area contributed by atoms with Crippen molar-refractivity contribution in [2.45, 2.75) is 122 Å². The summed E-state index contributed by atoms with van der Waals surface area (Å²) in [5, 5.41) is 10.7. The summed E-state index contributed by atoms with van der Waals surface area (Å²) >= 11 is 0. The third-order valence-electron chi connectivity index (χ3n) is 11.4. The van der Waals surface area contributed by atoms with Crippen LogP contribution in [0.1, 0.15) is 61.3 Å². The first-order chi connectivity index (χ1) is 20.1. The molecule has 2 heterocycles. The minimum Gasteiger partial charge on any atom is -0.456 e. The fourth-order valence-electron chi connectivity index (χ4n) is 8.06. The van der Waals surface area contributed by atoms with Gasteiger partial charge >= 0.3 is 5.97 Å². The molecule has 5 aliphatic rings. The maximum Gasteiger partial charge on any atom is 0.334 e. The monoisotopic (exact) mass is 614 g/mol. The van der Waals surface area contributed by atoms with E-state index in [-0.39, 0.29) is 65.0 Å². The molecule has 1 saturated heterocycles. The van der Waals surface area contributed by atoms with Gasteiger partial charge in [0.1, 0.15) is 17.8 Å². The summed E-state index contributed by atoms with van der Waals surface area (Å²) in [6.07, 6.45) is 11.9. The Balaban J connectivity index is 1.64.